The molecule has 1 rings (SSSR count). The Bertz CT molecular complexity index is 379. The number of aromatic nitrogens is 1. The van der Waals surface area contributed by atoms with Crippen LogP contribution in [0.15, 0.2) is 18.3 Å². The maximum Gasteiger partial charge on any atom is 0.254 e. The smallest absolute Gasteiger partial charge is 0.254 e. The summed E-state index contributed by atoms with van der Waals surface area (Å²) in [4.78, 5) is 17.6. The van der Waals surface area contributed by atoms with Gasteiger partial charge in [0.05, 0.1) is 13.2 Å². The van der Waals surface area contributed by atoms with E-state index < -0.39 is 0 Å². The number of aliphatic hydroxyl groups excluding tert-OH is 2. The number of anilines is 1. The largest absolute Gasteiger partial charge is 0.395 e. The molecule has 0 atom stereocenters. The second kappa shape index (κ2) is 7.62. The molecule has 6 heteroatoms. The number of amides is 1. The first-order chi connectivity index (χ1) is 8.72. The lowest BCUT2D eigenvalue weighted by atomic mass is 10.2. The fourth-order valence-electron chi connectivity index (χ4n) is 1.58. The van der Waals surface area contributed by atoms with Gasteiger partial charge in [-0.15, -0.1) is 0 Å². The fourth-order valence-corrected chi connectivity index (χ4v) is 1.58. The zero-order chi connectivity index (χ0) is 13.4. The predicted molar refractivity (Wildman–Crippen MR) is 68.5 cm³/mol. The van der Waals surface area contributed by atoms with E-state index >= 15 is 0 Å². The third-order valence-electron chi connectivity index (χ3n) is 2.39. The van der Waals surface area contributed by atoms with E-state index in [9.17, 15) is 4.79 Å². The van der Waals surface area contributed by atoms with Gasteiger partial charge in [-0.2, -0.15) is 0 Å². The van der Waals surface area contributed by atoms with E-state index in [-0.39, 0.29) is 32.2 Å². The highest BCUT2D eigenvalue weighted by atomic mass is 16.3. The quantitative estimate of drug-likeness (QED) is 0.634. The van der Waals surface area contributed by atoms with Crippen molar-refractivity contribution in [1.29, 1.82) is 0 Å². The number of rotatable bonds is 7. The summed E-state index contributed by atoms with van der Waals surface area (Å²) < 4.78 is 0. The fraction of sp³-hybridized carbons (Fsp3) is 0.500. The molecule has 0 aliphatic heterocycles. The highest BCUT2D eigenvalue weighted by Crippen LogP contribution is 2.09. The summed E-state index contributed by atoms with van der Waals surface area (Å²) in [6.45, 7) is 2.83. The molecule has 1 amide bonds. The minimum atomic E-state index is -0.223. The van der Waals surface area contributed by atoms with Crippen molar-refractivity contribution in [3.05, 3.63) is 23.9 Å². The molecular formula is C12H19N3O3. The minimum Gasteiger partial charge on any atom is -0.395 e. The molecule has 0 unspecified atom stereocenters. The summed E-state index contributed by atoms with van der Waals surface area (Å²) in [5.74, 6) is 0.413. The van der Waals surface area contributed by atoms with E-state index in [2.05, 4.69) is 10.3 Å². The molecule has 1 heterocycles. The van der Waals surface area contributed by atoms with Crippen LogP contribution >= 0.6 is 0 Å². The molecule has 0 saturated carbocycles. The van der Waals surface area contributed by atoms with E-state index in [0.29, 0.717) is 11.4 Å². The zero-order valence-corrected chi connectivity index (χ0v) is 10.5. The number of carbonyl (C=O) groups is 1. The Labute approximate surface area is 106 Å². The highest BCUT2D eigenvalue weighted by Gasteiger charge is 2.15. The van der Waals surface area contributed by atoms with Gasteiger partial charge in [0.2, 0.25) is 0 Å². The monoisotopic (exact) mass is 253 g/mol. The Morgan fingerprint density at radius 2 is 2.06 bits per heavy atom. The van der Waals surface area contributed by atoms with Gasteiger partial charge in [0.1, 0.15) is 5.82 Å². The van der Waals surface area contributed by atoms with Crippen LogP contribution in [-0.2, 0) is 0 Å². The van der Waals surface area contributed by atoms with E-state index in [4.69, 9.17) is 10.2 Å². The van der Waals surface area contributed by atoms with Crippen LogP contribution in [0.4, 0.5) is 5.82 Å². The van der Waals surface area contributed by atoms with Crippen molar-refractivity contribution in [2.24, 2.45) is 0 Å². The second-order valence-electron chi connectivity index (χ2n) is 3.70. The van der Waals surface area contributed by atoms with Gasteiger partial charge in [-0.25, -0.2) is 4.98 Å². The minimum absolute atomic E-state index is 0.128. The van der Waals surface area contributed by atoms with Crippen LogP contribution in [0, 0.1) is 0 Å². The first-order valence-corrected chi connectivity index (χ1v) is 5.93. The molecule has 100 valence electrons. The normalized spacial score (nSPS) is 10.2. The molecule has 0 aromatic carbocycles. The van der Waals surface area contributed by atoms with Gasteiger partial charge in [0, 0.05) is 31.4 Å². The van der Waals surface area contributed by atoms with Crippen LogP contribution in [-0.4, -0.2) is 58.9 Å². The van der Waals surface area contributed by atoms with Crippen molar-refractivity contribution >= 4 is 11.7 Å². The molecule has 18 heavy (non-hydrogen) atoms. The number of nitrogens with zero attached hydrogens (tertiary/aromatic N) is 2. The molecule has 0 bridgehead atoms. The van der Waals surface area contributed by atoms with Gasteiger partial charge in [-0.3, -0.25) is 4.79 Å². The van der Waals surface area contributed by atoms with Crippen LogP contribution in [0.25, 0.3) is 0 Å². The molecule has 0 radical (unpaired) electrons. The summed E-state index contributed by atoms with van der Waals surface area (Å²) in [6, 6.07) is 3.28. The molecule has 6 nitrogen and oxygen atoms in total. The van der Waals surface area contributed by atoms with Gasteiger partial charge in [-0.05, 0) is 19.1 Å². The van der Waals surface area contributed by atoms with Gasteiger partial charge < -0.3 is 20.4 Å². The van der Waals surface area contributed by atoms with E-state index in [1.165, 1.54) is 4.90 Å². The average molecular weight is 253 g/mol. The number of hydrogen-bond donors (Lipinski definition) is 3. The Morgan fingerprint density at radius 1 is 1.39 bits per heavy atom. The maximum atomic E-state index is 12.1. The van der Waals surface area contributed by atoms with Crippen LogP contribution in [0.3, 0.4) is 0 Å². The molecular weight excluding hydrogens is 234 g/mol. The topological polar surface area (TPSA) is 85.7 Å². The number of pyridine rings is 1. The standard InChI is InChI=1S/C12H19N3O3/c1-2-13-11-9-10(3-4-14-11)12(18)15(5-7-16)6-8-17/h3-4,9,16-17H,2,5-8H2,1H3,(H,13,14). The van der Waals surface area contributed by atoms with E-state index in [1.54, 1.807) is 18.3 Å². The summed E-state index contributed by atoms with van der Waals surface area (Å²) in [7, 11) is 0. The van der Waals surface area contributed by atoms with Crippen LogP contribution in [0.1, 0.15) is 17.3 Å². The maximum absolute atomic E-state index is 12.1. The first-order valence-electron chi connectivity index (χ1n) is 5.93. The summed E-state index contributed by atoms with van der Waals surface area (Å²) in [6.07, 6.45) is 1.56. The third-order valence-corrected chi connectivity index (χ3v) is 2.39. The summed E-state index contributed by atoms with van der Waals surface area (Å²) >= 11 is 0. The molecule has 0 spiro atoms. The van der Waals surface area contributed by atoms with Gasteiger partial charge in [0.25, 0.3) is 5.91 Å². The van der Waals surface area contributed by atoms with Crippen molar-refractivity contribution in [3.8, 4) is 0 Å². The van der Waals surface area contributed by atoms with E-state index in [0.717, 1.165) is 6.54 Å². The van der Waals surface area contributed by atoms with Crippen molar-refractivity contribution in [2.45, 2.75) is 6.92 Å². The molecule has 1 aromatic rings. The van der Waals surface area contributed by atoms with Gasteiger partial charge in [0.15, 0.2) is 0 Å². The predicted octanol–water partition coefficient (Wildman–Crippen LogP) is -0.0598. The summed E-state index contributed by atoms with van der Waals surface area (Å²) in [5.41, 5.74) is 0.489. The Hall–Kier alpha value is -1.66. The number of nitrogens with one attached hydrogen (secondary N) is 1. The molecule has 0 aliphatic carbocycles. The van der Waals surface area contributed by atoms with Crippen molar-refractivity contribution in [1.82, 2.24) is 9.88 Å². The molecule has 0 fully saturated rings. The lowest BCUT2D eigenvalue weighted by molar-refractivity contribution is 0.0685. The Balaban J connectivity index is 2.82. The van der Waals surface area contributed by atoms with Crippen molar-refractivity contribution in [2.75, 3.05) is 38.2 Å². The van der Waals surface area contributed by atoms with Gasteiger partial charge >= 0.3 is 0 Å². The second-order valence-corrected chi connectivity index (χ2v) is 3.70. The van der Waals surface area contributed by atoms with Crippen molar-refractivity contribution in [3.63, 3.8) is 0 Å². The molecule has 1 aromatic heterocycles. The zero-order valence-electron chi connectivity index (χ0n) is 10.5. The molecule has 0 aliphatic rings. The Morgan fingerprint density at radius 3 is 2.61 bits per heavy atom. The van der Waals surface area contributed by atoms with Crippen LogP contribution in [0.5, 0.6) is 0 Å². The van der Waals surface area contributed by atoms with Gasteiger partial charge in [-0.1, -0.05) is 0 Å². The number of carbonyl (C=O) groups excluding carboxylic acids is 1. The van der Waals surface area contributed by atoms with Crippen LogP contribution in [0.2, 0.25) is 0 Å². The Kier molecular flexibility index (Phi) is 6.10. The SMILES string of the molecule is CCNc1cc(C(=O)N(CCO)CCO)ccn1. The van der Waals surface area contributed by atoms with E-state index in [1.807, 2.05) is 6.92 Å². The highest BCUT2D eigenvalue weighted by molar-refractivity contribution is 5.94. The lowest BCUT2D eigenvalue weighted by Crippen LogP contribution is -2.35. The molecule has 3 N–H and O–H groups in total. The number of aliphatic hydroxyl groups is 2. The first kappa shape index (κ1) is 14.4. The number of hydrogen-bond acceptors (Lipinski definition) is 5. The average Bonchev–Trinajstić information content (AvgIpc) is 2.38. The third kappa shape index (κ3) is 3.97. The van der Waals surface area contributed by atoms with Crippen LogP contribution < -0.4 is 5.32 Å². The molecule has 0 saturated heterocycles. The lowest BCUT2D eigenvalue weighted by Gasteiger charge is -2.20. The van der Waals surface area contributed by atoms with Crippen molar-refractivity contribution < 1.29 is 15.0 Å². The summed E-state index contributed by atoms with van der Waals surface area (Å²) in [5, 5.41) is 20.8.